The second-order valence-corrected chi connectivity index (χ2v) is 2.29. The number of fused-ring (bicyclic) bond motifs is 1. The summed E-state index contributed by atoms with van der Waals surface area (Å²) in [5, 5.41) is 0.951. The summed E-state index contributed by atoms with van der Waals surface area (Å²) in [6.45, 7) is 0. The molecule has 13 heavy (non-hydrogen) atoms. The summed E-state index contributed by atoms with van der Waals surface area (Å²) in [5.74, 6) is 0. The van der Waals surface area contributed by atoms with Gasteiger partial charge in [-0.2, -0.15) is 0 Å². The molecule has 1 heterocycles. The van der Waals surface area contributed by atoms with Crippen molar-refractivity contribution in [3.05, 3.63) is 46.8 Å². The number of para-hydroxylation sites is 1. The van der Waals surface area contributed by atoms with Crippen LogP contribution < -0.4 is 5.63 Å². The summed E-state index contributed by atoms with van der Waals surface area (Å²) >= 11 is 0. The van der Waals surface area contributed by atoms with E-state index in [1.165, 1.54) is 6.07 Å². The Balaban J connectivity index is 0.000000720. The molecule has 0 unspecified atom stereocenters. The Kier molecular flexibility index (Phi) is 4.95. The summed E-state index contributed by atoms with van der Waals surface area (Å²) in [4.78, 5) is 10.7. The molecule has 0 aliphatic rings. The van der Waals surface area contributed by atoms with E-state index in [1.54, 1.807) is 12.1 Å². The average molecular weight is 308 g/mol. The van der Waals surface area contributed by atoms with Crippen molar-refractivity contribution in [3.63, 3.8) is 0 Å². The van der Waals surface area contributed by atoms with Crippen LogP contribution in [0, 0.1) is 0 Å². The minimum Gasteiger partial charge on any atom is -0.423 e. The molecule has 1 aromatic carbocycles. The molecule has 2 aromatic rings. The molecule has 2 rings (SSSR count). The van der Waals surface area contributed by atoms with Gasteiger partial charge in [-0.15, -0.1) is 34.0 Å². The Hall–Kier alpha value is -0.610. The van der Waals surface area contributed by atoms with Gasteiger partial charge in [-0.1, -0.05) is 18.2 Å². The summed E-state index contributed by atoms with van der Waals surface area (Å²) in [7, 11) is 0. The average Bonchev–Trinajstić information content (AvgIpc) is 2.04. The van der Waals surface area contributed by atoms with Gasteiger partial charge in [-0.25, -0.2) is 4.79 Å². The lowest BCUT2D eigenvalue weighted by molar-refractivity contribution is 0.561. The van der Waals surface area contributed by atoms with Crippen LogP contribution in [0.1, 0.15) is 0 Å². The van der Waals surface area contributed by atoms with Gasteiger partial charge in [0.1, 0.15) is 5.58 Å². The fourth-order valence-corrected chi connectivity index (χ4v) is 1.01. The standard InChI is InChI=1S/C9H6O2.2BrH/c10-9-6-5-7-3-1-2-4-8(7)11-9;;/h1-6H;2*1H. The normalized spacial score (nSPS) is 8.62. The summed E-state index contributed by atoms with van der Waals surface area (Å²) in [6, 6.07) is 10.6. The largest absolute Gasteiger partial charge is 0.423 e. The zero-order valence-electron chi connectivity index (χ0n) is 6.60. The van der Waals surface area contributed by atoms with Crippen LogP contribution in [0.4, 0.5) is 0 Å². The molecule has 0 saturated heterocycles. The maximum Gasteiger partial charge on any atom is 0.336 e. The molecule has 0 bridgehead atoms. The highest BCUT2D eigenvalue weighted by Crippen LogP contribution is 2.08. The predicted octanol–water partition coefficient (Wildman–Crippen LogP) is 2.95. The molecular weight excluding hydrogens is 300 g/mol. The predicted molar refractivity (Wildman–Crippen MR) is 63.1 cm³/mol. The van der Waals surface area contributed by atoms with Gasteiger partial charge in [0.15, 0.2) is 0 Å². The quantitative estimate of drug-likeness (QED) is 0.701. The SMILES string of the molecule is Br.Br.O=c1ccc2ccccc2o1. The van der Waals surface area contributed by atoms with Crippen molar-refractivity contribution in [1.82, 2.24) is 0 Å². The van der Waals surface area contributed by atoms with Crippen LogP contribution in [-0.2, 0) is 0 Å². The number of halogens is 2. The molecule has 1 aromatic heterocycles. The molecule has 0 saturated carbocycles. The third kappa shape index (κ3) is 2.67. The van der Waals surface area contributed by atoms with Crippen molar-refractivity contribution >= 4 is 44.9 Å². The molecule has 0 aliphatic carbocycles. The molecule has 0 fully saturated rings. The number of benzene rings is 1. The van der Waals surface area contributed by atoms with Crippen LogP contribution in [0.25, 0.3) is 11.0 Å². The van der Waals surface area contributed by atoms with Crippen molar-refractivity contribution in [2.24, 2.45) is 0 Å². The lowest BCUT2D eigenvalue weighted by atomic mass is 10.2. The first kappa shape index (κ1) is 12.4. The van der Waals surface area contributed by atoms with Crippen molar-refractivity contribution in [1.29, 1.82) is 0 Å². The van der Waals surface area contributed by atoms with Gasteiger partial charge in [-0.3, -0.25) is 0 Å². The minimum absolute atomic E-state index is 0. The van der Waals surface area contributed by atoms with Gasteiger partial charge in [-0.05, 0) is 12.1 Å². The number of hydrogen-bond acceptors (Lipinski definition) is 2. The van der Waals surface area contributed by atoms with Crippen molar-refractivity contribution < 1.29 is 4.42 Å². The number of hydrogen-bond donors (Lipinski definition) is 0. The first-order chi connectivity index (χ1) is 5.36. The van der Waals surface area contributed by atoms with E-state index in [2.05, 4.69) is 0 Å². The molecule has 0 N–H and O–H groups in total. The highest BCUT2D eigenvalue weighted by molar-refractivity contribution is 8.93. The Morgan fingerprint density at radius 2 is 1.62 bits per heavy atom. The van der Waals surface area contributed by atoms with E-state index in [4.69, 9.17) is 4.42 Å². The van der Waals surface area contributed by atoms with Crippen molar-refractivity contribution in [2.45, 2.75) is 0 Å². The topological polar surface area (TPSA) is 30.2 Å². The molecule has 0 atom stereocenters. The monoisotopic (exact) mass is 306 g/mol. The minimum atomic E-state index is -0.302. The van der Waals surface area contributed by atoms with Gasteiger partial charge in [0.25, 0.3) is 0 Å². The van der Waals surface area contributed by atoms with E-state index in [0.717, 1.165) is 5.39 Å². The Bertz CT molecular complexity index is 437. The van der Waals surface area contributed by atoms with E-state index in [0.29, 0.717) is 5.58 Å². The van der Waals surface area contributed by atoms with E-state index >= 15 is 0 Å². The number of rotatable bonds is 0. The van der Waals surface area contributed by atoms with Gasteiger partial charge in [0, 0.05) is 11.5 Å². The lowest BCUT2D eigenvalue weighted by Crippen LogP contribution is -1.93. The fourth-order valence-electron chi connectivity index (χ4n) is 1.01. The summed E-state index contributed by atoms with van der Waals surface area (Å²) in [6.07, 6.45) is 0. The van der Waals surface area contributed by atoms with E-state index in [-0.39, 0.29) is 39.6 Å². The first-order valence-corrected chi connectivity index (χ1v) is 3.35. The van der Waals surface area contributed by atoms with Crippen LogP contribution in [0.5, 0.6) is 0 Å². The zero-order chi connectivity index (χ0) is 7.68. The second-order valence-electron chi connectivity index (χ2n) is 2.29. The highest BCUT2D eigenvalue weighted by atomic mass is 79.9. The van der Waals surface area contributed by atoms with E-state index in [1.807, 2.05) is 18.2 Å². The highest BCUT2D eigenvalue weighted by Gasteiger charge is 1.92. The zero-order valence-corrected chi connectivity index (χ0v) is 10.0. The Labute approximate surface area is 96.1 Å². The molecule has 0 amide bonds. The van der Waals surface area contributed by atoms with Crippen LogP contribution >= 0.6 is 34.0 Å². The fraction of sp³-hybridized carbons (Fsp3) is 0. The maximum atomic E-state index is 10.7. The van der Waals surface area contributed by atoms with Gasteiger partial charge >= 0.3 is 5.63 Å². The lowest BCUT2D eigenvalue weighted by Gasteiger charge is -1.91. The molecule has 70 valence electrons. The van der Waals surface area contributed by atoms with E-state index in [9.17, 15) is 4.79 Å². The molecule has 0 spiro atoms. The Morgan fingerprint density at radius 1 is 0.923 bits per heavy atom. The Morgan fingerprint density at radius 3 is 2.38 bits per heavy atom. The van der Waals surface area contributed by atoms with Crippen LogP contribution in [-0.4, -0.2) is 0 Å². The van der Waals surface area contributed by atoms with Crippen LogP contribution in [0.15, 0.2) is 45.6 Å². The van der Waals surface area contributed by atoms with Gasteiger partial charge in [0.2, 0.25) is 0 Å². The molecule has 0 radical (unpaired) electrons. The molecule has 2 nitrogen and oxygen atoms in total. The van der Waals surface area contributed by atoms with Crippen LogP contribution in [0.3, 0.4) is 0 Å². The van der Waals surface area contributed by atoms with Crippen LogP contribution in [0.2, 0.25) is 0 Å². The van der Waals surface area contributed by atoms with E-state index < -0.39 is 0 Å². The van der Waals surface area contributed by atoms with Gasteiger partial charge in [0.05, 0.1) is 0 Å². The second kappa shape index (κ2) is 5.19. The molecule has 4 heteroatoms. The van der Waals surface area contributed by atoms with Gasteiger partial charge < -0.3 is 4.42 Å². The van der Waals surface area contributed by atoms with Crippen molar-refractivity contribution in [3.8, 4) is 0 Å². The summed E-state index contributed by atoms with van der Waals surface area (Å²) < 4.78 is 4.91. The summed E-state index contributed by atoms with van der Waals surface area (Å²) in [5.41, 5.74) is 0.337. The molecular formula is C9H8Br2O2. The third-order valence-electron chi connectivity index (χ3n) is 1.53. The smallest absolute Gasteiger partial charge is 0.336 e. The molecule has 0 aliphatic heterocycles. The maximum absolute atomic E-state index is 10.7. The third-order valence-corrected chi connectivity index (χ3v) is 1.53. The first-order valence-electron chi connectivity index (χ1n) is 3.35. The van der Waals surface area contributed by atoms with Crippen molar-refractivity contribution in [2.75, 3.05) is 0 Å².